The molecule has 0 spiro atoms. The number of aliphatic hydroxyl groups is 1. The lowest BCUT2D eigenvalue weighted by Crippen LogP contribution is -1.81. The van der Waals surface area contributed by atoms with Crippen LogP contribution in [0.5, 0.6) is 0 Å². The zero-order valence-electron chi connectivity index (χ0n) is 9.10. The Morgan fingerprint density at radius 1 is 0.769 bits per heavy atom. The molecular weight excluding hydrogens is 160 g/mol. The summed E-state index contributed by atoms with van der Waals surface area (Å²) in [7, 11) is 0. The molecule has 0 aromatic heterocycles. The van der Waals surface area contributed by atoms with Crippen molar-refractivity contribution in [2.45, 2.75) is 71.1 Å². The summed E-state index contributed by atoms with van der Waals surface area (Å²) < 4.78 is 0. The van der Waals surface area contributed by atoms with E-state index in [0.29, 0.717) is 0 Å². The Hall–Kier alpha value is -0.0400. The van der Waals surface area contributed by atoms with Gasteiger partial charge < -0.3 is 5.11 Å². The minimum absolute atomic E-state index is 0.871. The summed E-state index contributed by atoms with van der Waals surface area (Å²) in [6.45, 7) is 3.53. The van der Waals surface area contributed by atoms with Crippen molar-refractivity contribution >= 4 is 0 Å². The van der Waals surface area contributed by atoms with Gasteiger partial charge in [-0.2, -0.15) is 0 Å². The van der Waals surface area contributed by atoms with E-state index in [1.54, 1.807) is 0 Å². The van der Waals surface area contributed by atoms with E-state index in [4.69, 9.17) is 5.11 Å². The Morgan fingerprint density at radius 3 is 1.69 bits per heavy atom. The SMILES string of the molecule is CCCCCCCCCCC[CH]O. The maximum Gasteiger partial charge on any atom is 0.0799 e. The highest BCUT2D eigenvalue weighted by molar-refractivity contribution is 4.50. The molecule has 0 aliphatic rings. The lowest BCUT2D eigenvalue weighted by Gasteiger charge is -2.00. The Kier molecular flexibility index (Phi) is 11.9. The van der Waals surface area contributed by atoms with Gasteiger partial charge in [-0.05, 0) is 6.42 Å². The van der Waals surface area contributed by atoms with Crippen LogP contribution in [0, 0.1) is 6.61 Å². The molecule has 0 amide bonds. The standard InChI is InChI=1S/C12H25O/c1-2-3-4-5-6-7-8-9-10-11-12-13/h12-13H,2-11H2,1H3. The van der Waals surface area contributed by atoms with Gasteiger partial charge in [0.15, 0.2) is 0 Å². The van der Waals surface area contributed by atoms with Crippen molar-refractivity contribution in [2.24, 2.45) is 0 Å². The Bertz CT molecular complexity index is 71.2. The van der Waals surface area contributed by atoms with E-state index < -0.39 is 0 Å². The molecule has 0 aromatic rings. The number of rotatable bonds is 10. The van der Waals surface area contributed by atoms with Crippen molar-refractivity contribution in [3.63, 3.8) is 0 Å². The van der Waals surface area contributed by atoms with Crippen molar-refractivity contribution in [3.8, 4) is 0 Å². The molecule has 0 aliphatic carbocycles. The smallest absolute Gasteiger partial charge is 0.0799 e. The summed E-state index contributed by atoms with van der Waals surface area (Å²) in [4.78, 5) is 0. The van der Waals surface area contributed by atoms with Crippen LogP contribution in [-0.4, -0.2) is 5.11 Å². The zero-order valence-corrected chi connectivity index (χ0v) is 9.10. The lowest BCUT2D eigenvalue weighted by molar-refractivity contribution is 0.367. The maximum absolute atomic E-state index is 8.44. The van der Waals surface area contributed by atoms with E-state index in [1.807, 2.05) is 0 Å². The fourth-order valence-electron chi connectivity index (χ4n) is 1.55. The molecule has 0 saturated heterocycles. The van der Waals surface area contributed by atoms with Crippen LogP contribution in [0.2, 0.25) is 0 Å². The Balaban J connectivity index is 2.76. The second-order valence-electron chi connectivity index (χ2n) is 3.80. The van der Waals surface area contributed by atoms with Gasteiger partial charge in [-0.3, -0.25) is 0 Å². The first-order chi connectivity index (χ1) is 6.41. The van der Waals surface area contributed by atoms with Crippen LogP contribution in [0.1, 0.15) is 71.1 Å². The molecule has 0 unspecified atom stereocenters. The molecule has 0 saturated carbocycles. The molecule has 0 fully saturated rings. The molecule has 0 aromatic carbocycles. The molecular formula is C12H25O. The van der Waals surface area contributed by atoms with E-state index in [1.165, 1.54) is 58.0 Å². The quantitative estimate of drug-likeness (QED) is 0.499. The molecule has 1 radical (unpaired) electrons. The fourth-order valence-corrected chi connectivity index (χ4v) is 1.55. The van der Waals surface area contributed by atoms with E-state index in [9.17, 15) is 0 Å². The highest BCUT2D eigenvalue weighted by Gasteiger charge is 1.91. The molecule has 0 heterocycles. The predicted octanol–water partition coefficient (Wildman–Crippen LogP) is 4.44. The Labute approximate surface area is 83.5 Å². The minimum atomic E-state index is 0.871. The van der Waals surface area contributed by atoms with E-state index in [0.717, 1.165) is 12.8 Å². The van der Waals surface area contributed by atoms with Crippen molar-refractivity contribution in [2.75, 3.05) is 0 Å². The first-order valence-corrected chi connectivity index (χ1v) is 5.87. The topological polar surface area (TPSA) is 20.2 Å². The first-order valence-electron chi connectivity index (χ1n) is 5.87. The third-order valence-corrected chi connectivity index (χ3v) is 2.44. The van der Waals surface area contributed by atoms with Gasteiger partial charge in [0.25, 0.3) is 0 Å². The highest BCUT2D eigenvalue weighted by atomic mass is 16.2. The third kappa shape index (κ3) is 12.0. The summed E-state index contributed by atoms with van der Waals surface area (Å²) in [6.07, 6.45) is 13.0. The highest BCUT2D eigenvalue weighted by Crippen LogP contribution is 2.10. The normalized spacial score (nSPS) is 10.6. The van der Waals surface area contributed by atoms with Gasteiger partial charge >= 0.3 is 0 Å². The predicted molar refractivity (Wildman–Crippen MR) is 58.1 cm³/mol. The van der Waals surface area contributed by atoms with Gasteiger partial charge in [0.1, 0.15) is 0 Å². The van der Waals surface area contributed by atoms with Gasteiger partial charge in [0.05, 0.1) is 6.61 Å². The van der Waals surface area contributed by atoms with Gasteiger partial charge in [-0.15, -0.1) is 0 Å². The maximum atomic E-state index is 8.44. The average Bonchev–Trinajstić information content (AvgIpc) is 2.16. The van der Waals surface area contributed by atoms with Gasteiger partial charge in [-0.1, -0.05) is 64.7 Å². The van der Waals surface area contributed by atoms with Crippen LogP contribution in [-0.2, 0) is 0 Å². The van der Waals surface area contributed by atoms with E-state index in [2.05, 4.69) is 6.92 Å². The lowest BCUT2D eigenvalue weighted by atomic mass is 10.1. The summed E-state index contributed by atoms with van der Waals surface area (Å²) in [6, 6.07) is 0. The van der Waals surface area contributed by atoms with Gasteiger partial charge in [0.2, 0.25) is 0 Å². The summed E-state index contributed by atoms with van der Waals surface area (Å²) in [5.41, 5.74) is 0. The molecule has 1 N–H and O–H groups in total. The van der Waals surface area contributed by atoms with E-state index in [-0.39, 0.29) is 0 Å². The van der Waals surface area contributed by atoms with Crippen molar-refractivity contribution in [1.29, 1.82) is 0 Å². The number of hydrogen-bond acceptors (Lipinski definition) is 1. The van der Waals surface area contributed by atoms with Crippen molar-refractivity contribution in [3.05, 3.63) is 6.61 Å². The van der Waals surface area contributed by atoms with Crippen LogP contribution in [0.25, 0.3) is 0 Å². The van der Waals surface area contributed by atoms with Crippen LogP contribution in [0.15, 0.2) is 0 Å². The Morgan fingerprint density at radius 2 is 1.23 bits per heavy atom. The van der Waals surface area contributed by atoms with Crippen molar-refractivity contribution < 1.29 is 5.11 Å². The number of unbranched alkanes of at least 4 members (excludes halogenated alkanes) is 9. The minimum Gasteiger partial charge on any atom is -0.390 e. The van der Waals surface area contributed by atoms with Crippen LogP contribution in [0.4, 0.5) is 0 Å². The molecule has 0 atom stereocenters. The third-order valence-electron chi connectivity index (χ3n) is 2.44. The summed E-state index contributed by atoms with van der Waals surface area (Å²) >= 11 is 0. The molecule has 1 heteroatoms. The van der Waals surface area contributed by atoms with Crippen LogP contribution in [0.3, 0.4) is 0 Å². The van der Waals surface area contributed by atoms with Gasteiger partial charge in [0, 0.05) is 0 Å². The molecule has 0 aliphatic heterocycles. The van der Waals surface area contributed by atoms with E-state index >= 15 is 0 Å². The van der Waals surface area contributed by atoms with Crippen LogP contribution < -0.4 is 0 Å². The average molecular weight is 185 g/mol. The van der Waals surface area contributed by atoms with Crippen LogP contribution >= 0.6 is 0 Å². The zero-order chi connectivity index (χ0) is 9.78. The fraction of sp³-hybridized carbons (Fsp3) is 0.917. The molecule has 0 rings (SSSR count). The van der Waals surface area contributed by atoms with Gasteiger partial charge in [-0.25, -0.2) is 0 Å². The monoisotopic (exact) mass is 185 g/mol. The second kappa shape index (κ2) is 12.0. The summed E-state index contributed by atoms with van der Waals surface area (Å²) in [5.74, 6) is 0. The summed E-state index contributed by atoms with van der Waals surface area (Å²) in [5, 5.41) is 8.44. The largest absolute Gasteiger partial charge is 0.390 e. The number of hydrogen-bond donors (Lipinski definition) is 1. The second-order valence-corrected chi connectivity index (χ2v) is 3.80. The molecule has 79 valence electrons. The molecule has 1 nitrogen and oxygen atoms in total. The molecule has 0 bridgehead atoms. The molecule has 13 heavy (non-hydrogen) atoms. The van der Waals surface area contributed by atoms with Crippen molar-refractivity contribution in [1.82, 2.24) is 0 Å². The number of aliphatic hydroxyl groups excluding tert-OH is 1. The first kappa shape index (κ1) is 13.0.